The molecule has 0 saturated carbocycles. The Hall–Kier alpha value is -0.470. The van der Waals surface area contributed by atoms with Gasteiger partial charge in [-0.3, -0.25) is 0 Å². The molecule has 0 aliphatic heterocycles. The van der Waals surface area contributed by atoms with Gasteiger partial charge in [-0.05, 0) is 5.56 Å². The minimum atomic E-state index is -3.58. The van der Waals surface area contributed by atoms with Crippen molar-refractivity contribution in [3.05, 3.63) is 35.9 Å². The molecule has 1 rings (SSSR count). The van der Waals surface area contributed by atoms with Crippen LogP contribution in [0.5, 0.6) is 0 Å². The lowest BCUT2D eigenvalue weighted by Crippen LogP contribution is -1.98. The second-order valence-corrected chi connectivity index (χ2v) is 4.48. The first kappa shape index (κ1) is 9.62. The van der Waals surface area contributed by atoms with Crippen molar-refractivity contribution in [1.29, 1.82) is 0 Å². The quantitative estimate of drug-likeness (QED) is 0.618. The summed E-state index contributed by atoms with van der Waals surface area (Å²) in [5, 5.41) is 0. The zero-order valence-corrected chi connectivity index (χ0v) is 7.48. The molecular formula is C8H12O3P+. The van der Waals surface area contributed by atoms with Crippen LogP contribution in [0.1, 0.15) is 5.56 Å². The van der Waals surface area contributed by atoms with Gasteiger partial charge in [0.1, 0.15) is 6.16 Å². The summed E-state index contributed by atoms with van der Waals surface area (Å²) in [6.07, 6.45) is 0.537. The SMILES string of the molecule is O[P+](O)(O)CCc1ccccc1. The topological polar surface area (TPSA) is 60.7 Å². The predicted octanol–water partition coefficient (Wildman–Crippen LogP) is 0.969. The number of aryl methyl sites for hydroxylation is 1. The highest BCUT2D eigenvalue weighted by Crippen LogP contribution is 2.44. The highest BCUT2D eigenvalue weighted by molar-refractivity contribution is 7.58. The summed E-state index contributed by atoms with van der Waals surface area (Å²) >= 11 is 0. The largest absolute Gasteiger partial charge is 0.404 e. The summed E-state index contributed by atoms with van der Waals surface area (Å²) in [6, 6.07) is 9.41. The van der Waals surface area contributed by atoms with Crippen LogP contribution in [0, 0.1) is 0 Å². The first-order valence-corrected chi connectivity index (χ1v) is 5.51. The third kappa shape index (κ3) is 3.79. The number of benzene rings is 1. The second kappa shape index (κ2) is 3.97. The molecule has 0 aliphatic rings. The maximum atomic E-state index is 8.70. The van der Waals surface area contributed by atoms with Crippen molar-refractivity contribution in [1.82, 2.24) is 0 Å². The molecule has 0 fully saturated rings. The van der Waals surface area contributed by atoms with Crippen LogP contribution in [0.3, 0.4) is 0 Å². The fourth-order valence-electron chi connectivity index (χ4n) is 0.924. The van der Waals surface area contributed by atoms with Crippen LogP contribution >= 0.6 is 7.94 Å². The Kier molecular flexibility index (Phi) is 3.18. The Bertz CT molecular complexity index is 230. The van der Waals surface area contributed by atoms with Gasteiger partial charge in [0, 0.05) is 6.42 Å². The van der Waals surface area contributed by atoms with Gasteiger partial charge >= 0.3 is 7.94 Å². The fraction of sp³-hybridized carbons (Fsp3) is 0.250. The molecule has 0 bridgehead atoms. The van der Waals surface area contributed by atoms with E-state index in [0.29, 0.717) is 6.42 Å². The molecule has 0 unspecified atom stereocenters. The van der Waals surface area contributed by atoms with E-state index in [9.17, 15) is 0 Å². The Morgan fingerprint density at radius 1 is 1.00 bits per heavy atom. The van der Waals surface area contributed by atoms with Gasteiger partial charge in [0.15, 0.2) is 0 Å². The molecule has 0 saturated heterocycles. The Morgan fingerprint density at radius 3 is 2.08 bits per heavy atom. The monoisotopic (exact) mass is 187 g/mol. The molecule has 0 radical (unpaired) electrons. The molecule has 3 N–H and O–H groups in total. The third-order valence-corrected chi connectivity index (χ3v) is 2.37. The molecule has 66 valence electrons. The van der Waals surface area contributed by atoms with Gasteiger partial charge in [0.05, 0.1) is 0 Å². The van der Waals surface area contributed by atoms with Crippen LogP contribution in [0.2, 0.25) is 0 Å². The van der Waals surface area contributed by atoms with Gasteiger partial charge < -0.3 is 0 Å². The normalized spacial score (nSPS) is 11.6. The van der Waals surface area contributed by atoms with E-state index in [-0.39, 0.29) is 6.16 Å². The molecule has 0 atom stereocenters. The summed E-state index contributed by atoms with van der Waals surface area (Å²) in [5.74, 6) is 0. The molecule has 1 aromatic carbocycles. The van der Waals surface area contributed by atoms with Crippen molar-refractivity contribution in [3.8, 4) is 0 Å². The molecular weight excluding hydrogens is 175 g/mol. The zero-order chi connectivity index (χ0) is 9.03. The van der Waals surface area contributed by atoms with Gasteiger partial charge in [0.2, 0.25) is 0 Å². The first-order valence-electron chi connectivity index (χ1n) is 3.68. The Labute approximate surface area is 71.9 Å². The van der Waals surface area contributed by atoms with E-state index in [4.69, 9.17) is 14.7 Å². The average molecular weight is 187 g/mol. The van der Waals surface area contributed by atoms with Gasteiger partial charge in [0.25, 0.3) is 0 Å². The van der Waals surface area contributed by atoms with E-state index < -0.39 is 7.94 Å². The van der Waals surface area contributed by atoms with E-state index in [2.05, 4.69) is 0 Å². The van der Waals surface area contributed by atoms with Crippen molar-refractivity contribution in [2.45, 2.75) is 6.42 Å². The summed E-state index contributed by atoms with van der Waals surface area (Å²) in [4.78, 5) is 26.1. The minimum absolute atomic E-state index is 0.0387. The summed E-state index contributed by atoms with van der Waals surface area (Å²) in [6.45, 7) is 0. The standard InChI is InChI=1S/C8H12O3P/c9-12(10,11)7-6-8-4-2-1-3-5-8/h1-5,9-11H,6-7H2/q+1. The average Bonchev–Trinajstić information content (AvgIpc) is 2.02. The van der Waals surface area contributed by atoms with Crippen LogP contribution in [0.4, 0.5) is 0 Å². The van der Waals surface area contributed by atoms with Crippen molar-refractivity contribution < 1.29 is 14.7 Å². The van der Waals surface area contributed by atoms with Crippen molar-refractivity contribution in [2.75, 3.05) is 6.16 Å². The third-order valence-electron chi connectivity index (χ3n) is 1.54. The summed E-state index contributed by atoms with van der Waals surface area (Å²) in [7, 11) is -3.58. The van der Waals surface area contributed by atoms with Crippen LogP contribution in [-0.2, 0) is 6.42 Å². The lowest BCUT2D eigenvalue weighted by atomic mass is 10.2. The highest BCUT2D eigenvalue weighted by Gasteiger charge is 2.28. The molecule has 4 heteroatoms. The highest BCUT2D eigenvalue weighted by atomic mass is 31.2. The fourth-order valence-corrected chi connectivity index (χ4v) is 1.48. The number of hydrogen-bond donors (Lipinski definition) is 3. The van der Waals surface area contributed by atoms with E-state index >= 15 is 0 Å². The van der Waals surface area contributed by atoms with Crippen molar-refractivity contribution in [2.24, 2.45) is 0 Å². The molecule has 0 aliphatic carbocycles. The van der Waals surface area contributed by atoms with Crippen LogP contribution in [0.15, 0.2) is 30.3 Å². The van der Waals surface area contributed by atoms with Gasteiger partial charge in [-0.25, -0.2) is 0 Å². The Balaban J connectivity index is 2.44. The molecule has 1 aromatic rings. The number of rotatable bonds is 3. The van der Waals surface area contributed by atoms with Crippen molar-refractivity contribution >= 4 is 7.94 Å². The first-order chi connectivity index (χ1) is 5.58. The molecule has 0 heterocycles. The second-order valence-electron chi connectivity index (χ2n) is 2.65. The Morgan fingerprint density at radius 2 is 1.58 bits per heavy atom. The van der Waals surface area contributed by atoms with Gasteiger partial charge in [-0.1, -0.05) is 30.3 Å². The summed E-state index contributed by atoms with van der Waals surface area (Å²) < 4.78 is 0. The van der Waals surface area contributed by atoms with Crippen LogP contribution in [-0.4, -0.2) is 20.8 Å². The minimum Gasteiger partial charge on any atom is -0.193 e. The predicted molar refractivity (Wildman–Crippen MR) is 48.6 cm³/mol. The molecule has 0 spiro atoms. The van der Waals surface area contributed by atoms with E-state index in [1.165, 1.54) is 0 Å². The van der Waals surface area contributed by atoms with E-state index in [0.717, 1.165) is 5.56 Å². The van der Waals surface area contributed by atoms with Gasteiger partial charge in [-0.15, -0.1) is 0 Å². The van der Waals surface area contributed by atoms with Crippen LogP contribution < -0.4 is 0 Å². The maximum absolute atomic E-state index is 8.70. The molecule has 0 amide bonds. The lowest BCUT2D eigenvalue weighted by Gasteiger charge is -2.02. The molecule has 3 nitrogen and oxygen atoms in total. The lowest BCUT2D eigenvalue weighted by molar-refractivity contribution is 0.330. The smallest absolute Gasteiger partial charge is 0.193 e. The maximum Gasteiger partial charge on any atom is 0.404 e. The molecule has 0 aromatic heterocycles. The molecule has 12 heavy (non-hydrogen) atoms. The van der Waals surface area contributed by atoms with Crippen LogP contribution in [0.25, 0.3) is 0 Å². The van der Waals surface area contributed by atoms with Crippen molar-refractivity contribution in [3.63, 3.8) is 0 Å². The number of hydrogen-bond acceptors (Lipinski definition) is 3. The van der Waals surface area contributed by atoms with E-state index in [1.54, 1.807) is 0 Å². The van der Waals surface area contributed by atoms with Gasteiger partial charge in [-0.2, -0.15) is 14.7 Å². The zero-order valence-electron chi connectivity index (χ0n) is 6.59. The van der Waals surface area contributed by atoms with E-state index in [1.807, 2.05) is 30.3 Å². The summed E-state index contributed by atoms with van der Waals surface area (Å²) in [5.41, 5.74) is 0.999.